The van der Waals surface area contributed by atoms with Gasteiger partial charge in [-0.25, -0.2) is 8.42 Å². The number of hydrogen-bond donors (Lipinski definition) is 0. The van der Waals surface area contributed by atoms with Crippen molar-refractivity contribution in [3.8, 4) is 0 Å². The maximum Gasteiger partial charge on any atom is 0.191 e. The topological polar surface area (TPSA) is 64.8 Å². The monoisotopic (exact) mass is 407 g/mol. The quantitative estimate of drug-likeness (QED) is 0.509. The van der Waals surface area contributed by atoms with Gasteiger partial charge in [-0.1, -0.05) is 48.2 Å². The standard InChI is InChI=1S/C18H21N3O2S3/c1-26(22,23)13-12-25-18-20-19-17(14-16-8-5-11-24-16)21(18)10-9-15-6-3-2-4-7-15/h2-8,11H,9-10,12-14H2,1H3. The van der Waals surface area contributed by atoms with Crippen molar-refractivity contribution in [3.63, 3.8) is 0 Å². The summed E-state index contributed by atoms with van der Waals surface area (Å²) in [6.45, 7) is 0.777. The molecule has 0 saturated carbocycles. The summed E-state index contributed by atoms with van der Waals surface area (Å²) in [5.41, 5.74) is 1.26. The summed E-state index contributed by atoms with van der Waals surface area (Å²) in [6, 6.07) is 14.4. The lowest BCUT2D eigenvalue weighted by atomic mass is 10.1. The van der Waals surface area contributed by atoms with Gasteiger partial charge >= 0.3 is 0 Å². The van der Waals surface area contributed by atoms with Gasteiger partial charge in [0.05, 0.1) is 5.75 Å². The summed E-state index contributed by atoms with van der Waals surface area (Å²) >= 11 is 3.16. The number of aromatic nitrogens is 3. The molecule has 0 spiro atoms. The van der Waals surface area contributed by atoms with Gasteiger partial charge < -0.3 is 4.57 Å². The molecule has 3 rings (SSSR count). The molecule has 1 aromatic carbocycles. The van der Waals surface area contributed by atoms with Gasteiger partial charge in [-0.05, 0) is 23.4 Å². The Kier molecular flexibility index (Phi) is 6.50. The Morgan fingerprint density at radius 2 is 1.92 bits per heavy atom. The van der Waals surface area contributed by atoms with Gasteiger partial charge in [-0.3, -0.25) is 0 Å². The van der Waals surface area contributed by atoms with Crippen molar-refractivity contribution < 1.29 is 8.42 Å². The average Bonchev–Trinajstić information content (AvgIpc) is 3.24. The molecule has 3 aromatic rings. The minimum atomic E-state index is -2.97. The molecule has 0 amide bonds. The van der Waals surface area contributed by atoms with Crippen LogP contribution in [-0.2, 0) is 29.2 Å². The van der Waals surface area contributed by atoms with Crippen molar-refractivity contribution in [2.45, 2.75) is 24.5 Å². The van der Waals surface area contributed by atoms with Crippen LogP contribution in [0.4, 0.5) is 0 Å². The first kappa shape index (κ1) is 19.1. The summed E-state index contributed by atoms with van der Waals surface area (Å²) < 4.78 is 24.9. The lowest BCUT2D eigenvalue weighted by Gasteiger charge is -2.10. The number of aryl methyl sites for hydroxylation is 1. The second kappa shape index (κ2) is 8.83. The van der Waals surface area contributed by atoms with E-state index in [0.717, 1.165) is 30.4 Å². The number of nitrogens with zero attached hydrogens (tertiary/aromatic N) is 3. The Balaban J connectivity index is 1.75. The first-order chi connectivity index (χ1) is 12.5. The molecule has 26 heavy (non-hydrogen) atoms. The number of hydrogen-bond acceptors (Lipinski definition) is 6. The molecule has 0 saturated heterocycles. The van der Waals surface area contributed by atoms with Crippen LogP contribution in [0.2, 0.25) is 0 Å². The fourth-order valence-electron chi connectivity index (χ4n) is 2.52. The van der Waals surface area contributed by atoms with Gasteiger partial charge in [-0.15, -0.1) is 21.5 Å². The molecule has 8 heteroatoms. The van der Waals surface area contributed by atoms with Crippen LogP contribution in [0.25, 0.3) is 0 Å². The third kappa shape index (κ3) is 5.69. The van der Waals surface area contributed by atoms with Crippen molar-refractivity contribution in [2.24, 2.45) is 0 Å². The SMILES string of the molecule is CS(=O)(=O)CCSc1nnc(Cc2cccs2)n1CCc1ccccc1. The summed E-state index contributed by atoms with van der Waals surface area (Å²) in [5, 5.41) is 11.5. The van der Waals surface area contributed by atoms with E-state index in [9.17, 15) is 8.42 Å². The first-order valence-corrected chi connectivity index (χ1v) is 12.2. The summed E-state index contributed by atoms with van der Waals surface area (Å²) in [5.74, 6) is 1.55. The second-order valence-electron chi connectivity index (χ2n) is 6.02. The van der Waals surface area contributed by atoms with E-state index in [2.05, 4.69) is 38.3 Å². The highest BCUT2D eigenvalue weighted by Gasteiger charge is 2.14. The average molecular weight is 408 g/mol. The Labute approximate surface area is 162 Å². The highest BCUT2D eigenvalue weighted by Crippen LogP contribution is 2.21. The second-order valence-corrected chi connectivity index (χ2v) is 10.4. The molecular weight excluding hydrogens is 386 g/mol. The molecule has 2 heterocycles. The van der Waals surface area contributed by atoms with Crippen LogP contribution < -0.4 is 0 Å². The predicted octanol–water partition coefficient (Wildman–Crippen LogP) is 3.31. The molecule has 5 nitrogen and oxygen atoms in total. The molecule has 2 aromatic heterocycles. The van der Waals surface area contributed by atoms with Gasteiger partial charge in [0.1, 0.15) is 15.7 Å². The van der Waals surface area contributed by atoms with Crippen molar-refractivity contribution in [1.82, 2.24) is 14.8 Å². The minimum Gasteiger partial charge on any atom is -0.305 e. The first-order valence-electron chi connectivity index (χ1n) is 8.30. The third-order valence-electron chi connectivity index (χ3n) is 3.86. The van der Waals surface area contributed by atoms with Crippen molar-refractivity contribution >= 4 is 32.9 Å². The number of sulfone groups is 1. The summed E-state index contributed by atoms with van der Waals surface area (Å²) in [7, 11) is -2.97. The zero-order valence-corrected chi connectivity index (χ0v) is 17.0. The van der Waals surface area contributed by atoms with E-state index in [1.54, 1.807) is 11.3 Å². The largest absolute Gasteiger partial charge is 0.305 e. The molecular formula is C18H21N3O2S3. The maximum atomic E-state index is 11.4. The smallest absolute Gasteiger partial charge is 0.191 e. The lowest BCUT2D eigenvalue weighted by molar-refractivity contribution is 0.602. The molecule has 0 atom stereocenters. The maximum absolute atomic E-state index is 11.4. The molecule has 0 bridgehead atoms. The fraction of sp³-hybridized carbons (Fsp3) is 0.333. The zero-order chi connectivity index (χ0) is 18.4. The number of benzene rings is 1. The minimum absolute atomic E-state index is 0.142. The Morgan fingerprint density at radius 3 is 2.62 bits per heavy atom. The molecule has 0 N–H and O–H groups in total. The fourth-order valence-corrected chi connectivity index (χ4v) is 5.40. The highest BCUT2D eigenvalue weighted by atomic mass is 32.2. The number of thiophene rings is 1. The molecule has 0 aliphatic heterocycles. The zero-order valence-electron chi connectivity index (χ0n) is 14.5. The van der Waals surface area contributed by atoms with Crippen LogP contribution in [-0.4, -0.2) is 40.9 Å². The third-order valence-corrected chi connectivity index (χ3v) is 6.91. The Bertz CT molecular complexity index is 920. The molecule has 0 radical (unpaired) electrons. The number of rotatable bonds is 9. The van der Waals surface area contributed by atoms with Crippen LogP contribution in [0.3, 0.4) is 0 Å². The lowest BCUT2D eigenvalue weighted by Crippen LogP contribution is -2.10. The van der Waals surface area contributed by atoms with Crippen LogP contribution in [0.1, 0.15) is 16.3 Å². The van der Waals surface area contributed by atoms with E-state index < -0.39 is 9.84 Å². The molecule has 0 aliphatic carbocycles. The van der Waals surface area contributed by atoms with Crippen LogP contribution in [0, 0.1) is 0 Å². The van der Waals surface area contributed by atoms with Crippen molar-refractivity contribution in [1.29, 1.82) is 0 Å². The van der Waals surface area contributed by atoms with E-state index in [0.29, 0.717) is 5.75 Å². The molecule has 0 aliphatic rings. The number of thioether (sulfide) groups is 1. The van der Waals surface area contributed by atoms with Crippen LogP contribution >= 0.6 is 23.1 Å². The van der Waals surface area contributed by atoms with Crippen molar-refractivity contribution in [2.75, 3.05) is 17.8 Å². The Morgan fingerprint density at radius 1 is 1.12 bits per heavy atom. The van der Waals surface area contributed by atoms with Crippen LogP contribution in [0.15, 0.2) is 53.0 Å². The van der Waals surface area contributed by atoms with E-state index in [-0.39, 0.29) is 5.75 Å². The van der Waals surface area contributed by atoms with E-state index in [4.69, 9.17) is 0 Å². The van der Waals surface area contributed by atoms with E-state index in [1.165, 1.54) is 28.5 Å². The predicted molar refractivity (Wildman–Crippen MR) is 108 cm³/mol. The Hall–Kier alpha value is -1.64. The van der Waals surface area contributed by atoms with Gasteiger partial charge in [0.15, 0.2) is 5.16 Å². The van der Waals surface area contributed by atoms with Crippen molar-refractivity contribution in [3.05, 3.63) is 64.1 Å². The summed E-state index contributed by atoms with van der Waals surface area (Å²) in [4.78, 5) is 1.24. The van der Waals surface area contributed by atoms with E-state index in [1.807, 2.05) is 24.3 Å². The molecule has 0 fully saturated rings. The molecule has 138 valence electrons. The highest BCUT2D eigenvalue weighted by molar-refractivity contribution is 8.00. The van der Waals surface area contributed by atoms with Gasteiger partial charge in [0.25, 0.3) is 0 Å². The summed E-state index contributed by atoms with van der Waals surface area (Å²) in [6.07, 6.45) is 2.89. The van der Waals surface area contributed by atoms with Crippen LogP contribution in [0.5, 0.6) is 0 Å². The molecule has 0 unspecified atom stereocenters. The van der Waals surface area contributed by atoms with Gasteiger partial charge in [0.2, 0.25) is 0 Å². The van der Waals surface area contributed by atoms with Gasteiger partial charge in [0, 0.05) is 29.9 Å². The van der Waals surface area contributed by atoms with E-state index >= 15 is 0 Å². The normalized spacial score (nSPS) is 11.7. The van der Waals surface area contributed by atoms with Gasteiger partial charge in [-0.2, -0.15) is 0 Å².